The van der Waals surface area contributed by atoms with Crippen molar-refractivity contribution in [3.8, 4) is 0 Å². The normalized spacial score (nSPS) is 20.8. The first-order valence-electron chi connectivity index (χ1n) is 7.01. The van der Waals surface area contributed by atoms with Crippen molar-refractivity contribution >= 4 is 0 Å². The molecule has 0 saturated heterocycles. The number of nitrogens with one attached hydrogen (secondary N) is 1. The molecule has 4 heteroatoms. The van der Waals surface area contributed by atoms with Crippen LogP contribution in [0.15, 0.2) is 18.2 Å². The Labute approximate surface area is 111 Å². The Morgan fingerprint density at radius 1 is 1.16 bits per heavy atom. The van der Waals surface area contributed by atoms with Gasteiger partial charge in [-0.2, -0.15) is 0 Å². The quantitative estimate of drug-likeness (QED) is 0.830. The van der Waals surface area contributed by atoms with Crippen LogP contribution in [0.25, 0.3) is 0 Å². The number of hydrogen-bond acceptors (Lipinski definition) is 2. The van der Waals surface area contributed by atoms with Crippen LogP contribution in [0.3, 0.4) is 0 Å². The van der Waals surface area contributed by atoms with E-state index in [9.17, 15) is 13.9 Å². The van der Waals surface area contributed by atoms with E-state index in [1.807, 2.05) is 0 Å². The third-order valence-corrected chi connectivity index (χ3v) is 4.13. The van der Waals surface area contributed by atoms with Gasteiger partial charge in [-0.25, -0.2) is 8.78 Å². The number of benzene rings is 1. The molecule has 0 heterocycles. The minimum absolute atomic E-state index is 0.166. The predicted molar refractivity (Wildman–Crippen MR) is 68.6 cm³/mol. The molecule has 0 aromatic heterocycles. The Hall–Kier alpha value is -1.00. The van der Waals surface area contributed by atoms with E-state index in [0.29, 0.717) is 12.6 Å². The largest absolute Gasteiger partial charge is 0.387 e. The summed E-state index contributed by atoms with van der Waals surface area (Å²) >= 11 is 0. The van der Waals surface area contributed by atoms with Crippen LogP contribution in [0, 0.1) is 23.5 Å². The summed E-state index contributed by atoms with van der Waals surface area (Å²) in [6.07, 6.45) is 4.12. The van der Waals surface area contributed by atoms with Gasteiger partial charge in [0.15, 0.2) is 0 Å². The molecule has 2 nitrogen and oxygen atoms in total. The zero-order chi connectivity index (χ0) is 13.4. The Kier molecular flexibility index (Phi) is 3.54. The van der Waals surface area contributed by atoms with Crippen LogP contribution >= 0.6 is 0 Å². The molecule has 1 atom stereocenters. The zero-order valence-corrected chi connectivity index (χ0v) is 10.8. The highest BCUT2D eigenvalue weighted by molar-refractivity contribution is 5.21. The molecule has 1 unspecified atom stereocenters. The Morgan fingerprint density at radius 3 is 2.32 bits per heavy atom. The van der Waals surface area contributed by atoms with Gasteiger partial charge < -0.3 is 10.4 Å². The first-order valence-corrected chi connectivity index (χ1v) is 7.01. The summed E-state index contributed by atoms with van der Waals surface area (Å²) in [7, 11) is 0. The van der Waals surface area contributed by atoms with Gasteiger partial charge in [0.05, 0.1) is 6.10 Å². The molecule has 1 aromatic rings. The van der Waals surface area contributed by atoms with Crippen LogP contribution in [-0.4, -0.2) is 17.7 Å². The second-order valence-electron chi connectivity index (χ2n) is 5.79. The van der Waals surface area contributed by atoms with Crippen LogP contribution in [-0.2, 0) is 0 Å². The first-order chi connectivity index (χ1) is 9.15. The number of aliphatic hydroxyl groups excluding tert-OH is 1. The third kappa shape index (κ3) is 3.12. The van der Waals surface area contributed by atoms with Gasteiger partial charge in [-0.05, 0) is 43.6 Å². The summed E-state index contributed by atoms with van der Waals surface area (Å²) in [6, 6.07) is 3.79. The molecule has 0 bridgehead atoms. The average molecular weight is 267 g/mol. The fraction of sp³-hybridized carbons (Fsp3) is 0.600. The monoisotopic (exact) mass is 267 g/mol. The van der Waals surface area contributed by atoms with E-state index in [2.05, 4.69) is 5.32 Å². The zero-order valence-electron chi connectivity index (χ0n) is 10.8. The van der Waals surface area contributed by atoms with Gasteiger partial charge in [0.2, 0.25) is 0 Å². The van der Waals surface area contributed by atoms with Crippen molar-refractivity contribution in [1.29, 1.82) is 0 Å². The van der Waals surface area contributed by atoms with Crippen LogP contribution in [0.2, 0.25) is 0 Å². The number of halogens is 2. The number of rotatable bonds is 6. The molecule has 0 amide bonds. The van der Waals surface area contributed by atoms with Crippen molar-refractivity contribution in [2.45, 2.75) is 37.8 Å². The lowest BCUT2D eigenvalue weighted by Crippen LogP contribution is -2.36. The smallest absolute Gasteiger partial charge is 0.131 e. The van der Waals surface area contributed by atoms with Crippen molar-refractivity contribution in [3.05, 3.63) is 35.4 Å². The van der Waals surface area contributed by atoms with Crippen LogP contribution in [0.5, 0.6) is 0 Å². The van der Waals surface area contributed by atoms with E-state index in [0.717, 1.165) is 17.9 Å². The van der Waals surface area contributed by atoms with Gasteiger partial charge in [-0.1, -0.05) is 6.07 Å². The SMILES string of the molecule is OC(CNC(C1CC1)C1CC1)c1ccc(F)cc1F. The lowest BCUT2D eigenvalue weighted by Gasteiger charge is -2.20. The average Bonchev–Trinajstić information content (AvgIpc) is 3.23. The molecular formula is C15H19F2NO. The van der Waals surface area contributed by atoms with Crippen molar-refractivity contribution in [1.82, 2.24) is 5.32 Å². The molecule has 104 valence electrons. The van der Waals surface area contributed by atoms with Crippen molar-refractivity contribution in [3.63, 3.8) is 0 Å². The van der Waals surface area contributed by atoms with Gasteiger partial charge in [0.25, 0.3) is 0 Å². The summed E-state index contributed by atoms with van der Waals surface area (Å²) in [6.45, 7) is 0.334. The highest BCUT2D eigenvalue weighted by Gasteiger charge is 2.41. The Bertz CT molecular complexity index is 445. The standard InChI is InChI=1S/C15H19F2NO/c16-11-5-6-12(13(17)7-11)14(19)8-18-15(9-1-2-9)10-3-4-10/h5-7,9-10,14-15,18-19H,1-4,8H2. The minimum Gasteiger partial charge on any atom is -0.387 e. The van der Waals surface area contributed by atoms with Crippen molar-refractivity contribution < 1.29 is 13.9 Å². The summed E-state index contributed by atoms with van der Waals surface area (Å²) < 4.78 is 26.4. The summed E-state index contributed by atoms with van der Waals surface area (Å²) in [4.78, 5) is 0. The van der Waals surface area contributed by atoms with Gasteiger partial charge in [-0.15, -0.1) is 0 Å². The molecule has 2 fully saturated rings. The maximum absolute atomic E-state index is 13.5. The van der Waals surface area contributed by atoms with E-state index >= 15 is 0 Å². The van der Waals surface area contributed by atoms with E-state index < -0.39 is 17.7 Å². The maximum atomic E-state index is 13.5. The van der Waals surface area contributed by atoms with Crippen molar-refractivity contribution in [2.75, 3.05) is 6.54 Å². The highest BCUT2D eigenvalue weighted by Crippen LogP contribution is 2.44. The molecular weight excluding hydrogens is 248 g/mol. The van der Waals surface area contributed by atoms with Gasteiger partial charge >= 0.3 is 0 Å². The molecule has 1 aromatic carbocycles. The van der Waals surface area contributed by atoms with Gasteiger partial charge in [-0.3, -0.25) is 0 Å². The summed E-state index contributed by atoms with van der Waals surface area (Å²) in [5, 5.41) is 13.4. The fourth-order valence-electron chi connectivity index (χ4n) is 2.76. The van der Waals surface area contributed by atoms with E-state index in [-0.39, 0.29) is 5.56 Å². The lowest BCUT2D eigenvalue weighted by molar-refractivity contribution is 0.161. The Balaban J connectivity index is 1.59. The minimum atomic E-state index is -0.916. The molecule has 19 heavy (non-hydrogen) atoms. The predicted octanol–water partition coefficient (Wildman–Crippen LogP) is 2.78. The van der Waals surface area contributed by atoms with Gasteiger partial charge in [0, 0.05) is 24.2 Å². The van der Waals surface area contributed by atoms with Crippen LogP contribution in [0.4, 0.5) is 8.78 Å². The molecule has 2 aliphatic rings. The van der Waals surface area contributed by atoms with E-state index in [1.54, 1.807) is 0 Å². The topological polar surface area (TPSA) is 32.3 Å². The fourth-order valence-corrected chi connectivity index (χ4v) is 2.76. The molecule has 3 rings (SSSR count). The van der Waals surface area contributed by atoms with E-state index in [4.69, 9.17) is 0 Å². The van der Waals surface area contributed by atoms with Gasteiger partial charge in [0.1, 0.15) is 11.6 Å². The highest BCUT2D eigenvalue weighted by atomic mass is 19.1. The van der Waals surface area contributed by atoms with Crippen LogP contribution < -0.4 is 5.32 Å². The number of aliphatic hydroxyl groups is 1. The summed E-state index contributed by atoms with van der Waals surface area (Å²) in [5.74, 6) is 0.175. The molecule has 0 aliphatic heterocycles. The molecule has 0 spiro atoms. The molecule has 0 radical (unpaired) electrons. The Morgan fingerprint density at radius 2 is 1.79 bits per heavy atom. The second kappa shape index (κ2) is 5.17. The third-order valence-electron chi connectivity index (χ3n) is 4.13. The second-order valence-corrected chi connectivity index (χ2v) is 5.79. The maximum Gasteiger partial charge on any atom is 0.131 e. The number of hydrogen-bond donors (Lipinski definition) is 2. The molecule has 2 aliphatic carbocycles. The van der Waals surface area contributed by atoms with Crippen LogP contribution in [0.1, 0.15) is 37.4 Å². The van der Waals surface area contributed by atoms with Crippen molar-refractivity contribution in [2.24, 2.45) is 11.8 Å². The summed E-state index contributed by atoms with van der Waals surface area (Å²) in [5.41, 5.74) is 0.166. The first kappa shape index (κ1) is 13.0. The lowest BCUT2D eigenvalue weighted by atomic mass is 10.1. The van der Waals surface area contributed by atoms with E-state index in [1.165, 1.54) is 37.8 Å². The molecule has 2 saturated carbocycles. The molecule has 2 N–H and O–H groups in total.